The topological polar surface area (TPSA) is 106 Å². The summed E-state index contributed by atoms with van der Waals surface area (Å²) in [6.45, 7) is 4.84. The van der Waals surface area contributed by atoms with E-state index in [0.29, 0.717) is 13.1 Å². The summed E-state index contributed by atoms with van der Waals surface area (Å²) in [4.78, 5) is 42.2. The first-order valence-electron chi connectivity index (χ1n) is 11.6. The second kappa shape index (κ2) is 11.4. The van der Waals surface area contributed by atoms with Gasteiger partial charge in [-0.3, -0.25) is 19.1 Å². The number of aromatic amines is 1. The fourth-order valence-electron chi connectivity index (χ4n) is 3.82. The van der Waals surface area contributed by atoms with E-state index < -0.39 is 11.2 Å². The number of nitrogens with one attached hydrogen (secondary N) is 1. The Hall–Kier alpha value is -3.55. The van der Waals surface area contributed by atoms with Gasteiger partial charge in [0, 0.05) is 31.2 Å². The Labute approximate surface area is 193 Å². The van der Waals surface area contributed by atoms with Crippen LogP contribution in [0, 0.1) is 0 Å². The van der Waals surface area contributed by atoms with Crippen LogP contribution >= 0.6 is 0 Å². The van der Waals surface area contributed by atoms with Crippen molar-refractivity contribution in [1.82, 2.24) is 14.1 Å². The smallest absolute Gasteiger partial charge is 0.330 e. The van der Waals surface area contributed by atoms with Crippen LogP contribution < -0.4 is 21.9 Å². The summed E-state index contributed by atoms with van der Waals surface area (Å²) in [6, 6.07) is 11.6. The Morgan fingerprint density at radius 1 is 1.00 bits per heavy atom. The number of unbranched alkanes of at least 4 members (excludes halogenated alkanes) is 3. The van der Waals surface area contributed by atoms with Crippen LogP contribution in [0.3, 0.4) is 0 Å². The third-order valence-corrected chi connectivity index (χ3v) is 5.70. The second-order valence-corrected chi connectivity index (χ2v) is 8.18. The maximum atomic E-state index is 13.4. The number of nitrogens with two attached hydrogens (primary N) is 1. The Bertz CT molecular complexity index is 1160. The van der Waals surface area contributed by atoms with Gasteiger partial charge in [0.15, 0.2) is 5.69 Å². The van der Waals surface area contributed by atoms with Crippen LogP contribution in [0.25, 0.3) is 5.69 Å². The molecule has 0 unspecified atom stereocenters. The van der Waals surface area contributed by atoms with E-state index in [1.807, 2.05) is 60.3 Å². The zero-order chi connectivity index (χ0) is 23.8. The monoisotopic (exact) mass is 451 g/mol. The van der Waals surface area contributed by atoms with Crippen molar-refractivity contribution >= 4 is 17.4 Å². The van der Waals surface area contributed by atoms with Gasteiger partial charge in [0.2, 0.25) is 5.91 Å². The molecule has 3 rings (SSSR count). The van der Waals surface area contributed by atoms with Gasteiger partial charge < -0.3 is 15.2 Å². The van der Waals surface area contributed by atoms with Crippen molar-refractivity contribution in [3.8, 4) is 5.69 Å². The number of H-pyrrole nitrogens is 1. The van der Waals surface area contributed by atoms with E-state index in [1.165, 1.54) is 9.47 Å². The molecule has 0 aliphatic rings. The maximum absolute atomic E-state index is 13.4. The third kappa shape index (κ3) is 5.83. The number of aromatic nitrogens is 3. The summed E-state index contributed by atoms with van der Waals surface area (Å²) in [5.41, 5.74) is 7.01. The number of carbonyl (C=O) groups excluding carboxylic acids is 1. The number of anilines is 2. The van der Waals surface area contributed by atoms with Crippen molar-refractivity contribution in [2.45, 2.75) is 58.9 Å². The molecule has 0 aliphatic carbocycles. The molecule has 2 aromatic heterocycles. The summed E-state index contributed by atoms with van der Waals surface area (Å²) >= 11 is 0. The summed E-state index contributed by atoms with van der Waals surface area (Å²) in [5, 5.41) is 0. The molecule has 1 aromatic carbocycles. The van der Waals surface area contributed by atoms with Gasteiger partial charge in [0.1, 0.15) is 5.82 Å². The van der Waals surface area contributed by atoms with Crippen LogP contribution in [0.4, 0.5) is 11.5 Å². The number of hydrogen-bond acceptors (Lipinski definition) is 4. The molecule has 0 bridgehead atoms. The lowest BCUT2D eigenvalue weighted by atomic mass is 10.1. The minimum Gasteiger partial charge on any atom is -0.383 e. The predicted octanol–water partition coefficient (Wildman–Crippen LogP) is 3.48. The first-order chi connectivity index (χ1) is 16.0. The van der Waals surface area contributed by atoms with E-state index >= 15 is 0 Å². The van der Waals surface area contributed by atoms with E-state index in [0.717, 1.165) is 43.4 Å². The molecule has 0 saturated carbocycles. The van der Waals surface area contributed by atoms with Crippen molar-refractivity contribution in [3.63, 3.8) is 0 Å². The highest BCUT2D eigenvalue weighted by molar-refractivity contribution is 5.96. The van der Waals surface area contributed by atoms with Crippen molar-refractivity contribution in [1.29, 1.82) is 0 Å². The lowest BCUT2D eigenvalue weighted by molar-refractivity contribution is -0.118. The highest BCUT2D eigenvalue weighted by atomic mass is 16.2. The van der Waals surface area contributed by atoms with Crippen LogP contribution in [-0.2, 0) is 17.8 Å². The van der Waals surface area contributed by atoms with Crippen LogP contribution in [0.15, 0.2) is 58.4 Å². The van der Waals surface area contributed by atoms with Gasteiger partial charge in [0.25, 0.3) is 5.56 Å². The Morgan fingerprint density at radius 2 is 1.67 bits per heavy atom. The third-order valence-electron chi connectivity index (χ3n) is 5.70. The molecule has 33 heavy (non-hydrogen) atoms. The van der Waals surface area contributed by atoms with Gasteiger partial charge in [-0.2, -0.15) is 0 Å². The molecule has 0 spiro atoms. The molecule has 1 amide bonds. The summed E-state index contributed by atoms with van der Waals surface area (Å²) in [5.74, 6) is -0.178. The quantitative estimate of drug-likeness (QED) is 0.435. The first kappa shape index (κ1) is 24.1. The molecular formula is C25H33N5O3. The minimum atomic E-state index is -0.627. The van der Waals surface area contributed by atoms with Gasteiger partial charge >= 0.3 is 5.69 Å². The first-order valence-corrected chi connectivity index (χ1v) is 11.6. The fourth-order valence-corrected chi connectivity index (χ4v) is 3.82. The lowest BCUT2D eigenvalue weighted by Crippen LogP contribution is -2.42. The molecule has 8 heteroatoms. The summed E-state index contributed by atoms with van der Waals surface area (Å²) < 4.78 is 3.34. The normalized spacial score (nSPS) is 11.0. The van der Waals surface area contributed by atoms with Crippen LogP contribution in [0.5, 0.6) is 0 Å². The highest BCUT2D eigenvalue weighted by Crippen LogP contribution is 2.20. The average molecular weight is 452 g/mol. The number of nitrogens with zero attached hydrogens (tertiary/aromatic N) is 3. The van der Waals surface area contributed by atoms with Gasteiger partial charge in [0.05, 0.1) is 6.42 Å². The number of nitrogen functional groups attached to an aromatic ring is 1. The predicted molar refractivity (Wildman–Crippen MR) is 132 cm³/mol. The average Bonchev–Trinajstić information content (AvgIpc) is 3.33. The Morgan fingerprint density at radius 3 is 2.30 bits per heavy atom. The van der Waals surface area contributed by atoms with Crippen molar-refractivity contribution < 1.29 is 4.79 Å². The molecule has 0 radical (unpaired) electrons. The number of hydrogen-bond donors (Lipinski definition) is 2. The second-order valence-electron chi connectivity index (χ2n) is 8.18. The molecule has 8 nitrogen and oxygen atoms in total. The molecule has 0 fully saturated rings. The van der Waals surface area contributed by atoms with E-state index in [4.69, 9.17) is 5.73 Å². The Kier molecular flexibility index (Phi) is 8.29. The van der Waals surface area contributed by atoms with Gasteiger partial charge in [-0.05, 0) is 42.7 Å². The summed E-state index contributed by atoms with van der Waals surface area (Å²) in [7, 11) is 0. The van der Waals surface area contributed by atoms with Crippen molar-refractivity contribution in [2.75, 3.05) is 17.2 Å². The molecule has 0 aliphatic heterocycles. The number of amides is 1. The molecule has 3 N–H and O–H groups in total. The standard InChI is InChI=1S/C25H33N5O3/c1-3-5-7-17-29(22-23(26)30(16-6-4-2)25(33)27-24(22)32)21(31)18-19-10-12-20(13-11-19)28-14-8-9-15-28/h8-15H,3-7,16-18,26H2,1-2H3,(H,27,32,33). The maximum Gasteiger partial charge on any atom is 0.330 e. The van der Waals surface area contributed by atoms with E-state index in [1.54, 1.807) is 0 Å². The van der Waals surface area contributed by atoms with Gasteiger partial charge in [-0.15, -0.1) is 0 Å². The molecule has 3 aromatic rings. The number of carbonyl (C=O) groups is 1. The van der Waals surface area contributed by atoms with Crippen LogP contribution in [0.2, 0.25) is 0 Å². The SMILES string of the molecule is CCCCCN(C(=O)Cc1ccc(-n2cccc2)cc1)c1c(N)n(CCCC)c(=O)[nH]c1=O. The summed E-state index contributed by atoms with van der Waals surface area (Å²) in [6.07, 6.45) is 8.29. The Balaban J connectivity index is 1.90. The zero-order valence-electron chi connectivity index (χ0n) is 19.4. The van der Waals surface area contributed by atoms with E-state index in [-0.39, 0.29) is 23.8 Å². The highest BCUT2D eigenvalue weighted by Gasteiger charge is 2.24. The van der Waals surface area contributed by atoms with Crippen LogP contribution in [-0.4, -0.2) is 26.6 Å². The number of benzene rings is 1. The minimum absolute atomic E-state index is 0.0463. The van der Waals surface area contributed by atoms with E-state index in [2.05, 4.69) is 11.9 Å². The largest absolute Gasteiger partial charge is 0.383 e. The number of rotatable bonds is 11. The molecule has 0 saturated heterocycles. The molecule has 0 atom stereocenters. The van der Waals surface area contributed by atoms with Crippen molar-refractivity contribution in [2.24, 2.45) is 0 Å². The molecule has 176 valence electrons. The molecular weight excluding hydrogens is 418 g/mol. The fraction of sp³-hybridized carbons (Fsp3) is 0.400. The van der Waals surface area contributed by atoms with Crippen LogP contribution in [0.1, 0.15) is 51.5 Å². The lowest BCUT2D eigenvalue weighted by Gasteiger charge is -2.25. The van der Waals surface area contributed by atoms with Crippen molar-refractivity contribution in [3.05, 3.63) is 75.2 Å². The van der Waals surface area contributed by atoms with Gasteiger partial charge in [-0.1, -0.05) is 45.2 Å². The van der Waals surface area contributed by atoms with Gasteiger partial charge in [-0.25, -0.2) is 4.79 Å². The zero-order valence-corrected chi connectivity index (χ0v) is 19.4. The van der Waals surface area contributed by atoms with E-state index in [9.17, 15) is 14.4 Å². The molecule has 2 heterocycles.